The number of carbonyl (C=O) groups is 1. The molecular weight excluding hydrogens is 408 g/mol. The average Bonchev–Trinajstić information content (AvgIpc) is 2.60. The molecule has 134 valence electrons. The number of hydrogen-bond acceptors (Lipinski definition) is 4. The first-order valence-corrected chi connectivity index (χ1v) is 9.91. The van der Waals surface area contributed by atoms with Crippen molar-refractivity contribution in [1.82, 2.24) is 10.0 Å². The second kappa shape index (κ2) is 9.10. The molecule has 0 aromatic heterocycles. The molecule has 0 fully saturated rings. The lowest BCUT2D eigenvalue weighted by Gasteiger charge is -2.12. The highest BCUT2D eigenvalue weighted by molar-refractivity contribution is 9.10. The Morgan fingerprint density at radius 2 is 1.84 bits per heavy atom. The molecule has 0 radical (unpaired) electrons. The maximum Gasteiger partial charge on any atom is 0.240 e. The summed E-state index contributed by atoms with van der Waals surface area (Å²) in [6.45, 7) is 0.0450. The van der Waals surface area contributed by atoms with Crippen LogP contribution < -0.4 is 10.0 Å². The molecule has 0 aliphatic heterocycles. The minimum atomic E-state index is -3.66. The van der Waals surface area contributed by atoms with Gasteiger partial charge in [-0.25, -0.2) is 13.1 Å². The van der Waals surface area contributed by atoms with Crippen molar-refractivity contribution >= 4 is 31.9 Å². The number of carbonyl (C=O) groups excluding carboxylic acids is 1. The Morgan fingerprint density at radius 3 is 2.52 bits per heavy atom. The smallest absolute Gasteiger partial charge is 0.240 e. The first-order chi connectivity index (χ1) is 11.9. The van der Waals surface area contributed by atoms with Gasteiger partial charge in [0.05, 0.1) is 11.0 Å². The van der Waals surface area contributed by atoms with E-state index in [9.17, 15) is 18.3 Å². The third kappa shape index (κ3) is 6.24. The lowest BCUT2D eigenvalue weighted by molar-refractivity contribution is -0.121. The molecule has 1 atom stereocenters. The van der Waals surface area contributed by atoms with Crippen molar-refractivity contribution in [2.45, 2.75) is 17.4 Å². The van der Waals surface area contributed by atoms with Crippen LogP contribution in [0, 0.1) is 0 Å². The third-order valence-corrected chi connectivity index (χ3v) is 5.38. The largest absolute Gasteiger partial charge is 0.387 e. The van der Waals surface area contributed by atoms with Crippen LogP contribution in [0.4, 0.5) is 0 Å². The maximum atomic E-state index is 12.1. The summed E-state index contributed by atoms with van der Waals surface area (Å²) in [5, 5.41) is 12.6. The number of halogens is 1. The van der Waals surface area contributed by atoms with Gasteiger partial charge < -0.3 is 10.4 Å². The summed E-state index contributed by atoms with van der Waals surface area (Å²) in [6, 6.07) is 15.3. The van der Waals surface area contributed by atoms with Crippen LogP contribution in [0.5, 0.6) is 0 Å². The molecule has 3 N–H and O–H groups in total. The Kier molecular flexibility index (Phi) is 7.12. The summed E-state index contributed by atoms with van der Waals surface area (Å²) in [7, 11) is -3.66. The van der Waals surface area contributed by atoms with Gasteiger partial charge in [-0.2, -0.15) is 0 Å². The second-order valence-electron chi connectivity index (χ2n) is 5.34. The van der Waals surface area contributed by atoms with Gasteiger partial charge in [0, 0.05) is 24.0 Å². The summed E-state index contributed by atoms with van der Waals surface area (Å²) >= 11 is 3.22. The molecule has 0 aliphatic carbocycles. The van der Waals surface area contributed by atoms with E-state index in [2.05, 4.69) is 26.0 Å². The van der Waals surface area contributed by atoms with Crippen LogP contribution in [0.15, 0.2) is 64.0 Å². The molecular formula is C17H19BrN2O4S. The number of hydrogen-bond donors (Lipinski definition) is 3. The van der Waals surface area contributed by atoms with E-state index in [4.69, 9.17) is 0 Å². The lowest BCUT2D eigenvalue weighted by atomic mass is 10.1. The Hall–Kier alpha value is -1.74. The number of aliphatic hydroxyl groups excluding tert-OH is 1. The van der Waals surface area contributed by atoms with Crippen molar-refractivity contribution in [2.24, 2.45) is 0 Å². The SMILES string of the molecule is O=C(CCNS(=O)(=O)c1cccc(Br)c1)NCC(O)c1ccccc1. The zero-order valence-electron chi connectivity index (χ0n) is 13.4. The second-order valence-corrected chi connectivity index (χ2v) is 8.02. The van der Waals surface area contributed by atoms with Crippen LogP contribution in [0.3, 0.4) is 0 Å². The fraction of sp³-hybridized carbons (Fsp3) is 0.235. The molecule has 1 unspecified atom stereocenters. The molecule has 8 heteroatoms. The minimum Gasteiger partial charge on any atom is -0.387 e. The highest BCUT2D eigenvalue weighted by Crippen LogP contribution is 2.15. The van der Waals surface area contributed by atoms with Crippen molar-refractivity contribution in [3.8, 4) is 0 Å². The number of benzene rings is 2. The van der Waals surface area contributed by atoms with E-state index in [0.29, 0.717) is 10.0 Å². The zero-order chi connectivity index (χ0) is 18.3. The Bertz CT molecular complexity index is 812. The van der Waals surface area contributed by atoms with Gasteiger partial charge in [-0.3, -0.25) is 4.79 Å². The van der Waals surface area contributed by atoms with Crippen LogP contribution in [0.2, 0.25) is 0 Å². The highest BCUT2D eigenvalue weighted by atomic mass is 79.9. The van der Waals surface area contributed by atoms with Gasteiger partial charge in [0.2, 0.25) is 15.9 Å². The van der Waals surface area contributed by atoms with Crippen LogP contribution >= 0.6 is 15.9 Å². The van der Waals surface area contributed by atoms with Gasteiger partial charge in [0.25, 0.3) is 0 Å². The van der Waals surface area contributed by atoms with Gasteiger partial charge in [-0.05, 0) is 23.8 Å². The van der Waals surface area contributed by atoms with Gasteiger partial charge in [0.15, 0.2) is 0 Å². The Morgan fingerprint density at radius 1 is 1.12 bits per heavy atom. The molecule has 2 aromatic rings. The molecule has 0 saturated heterocycles. The van der Waals surface area contributed by atoms with Crippen molar-refractivity contribution in [2.75, 3.05) is 13.1 Å². The standard InChI is InChI=1S/C17H19BrN2O4S/c18-14-7-4-8-15(11-14)25(23,24)20-10-9-17(22)19-12-16(21)13-5-2-1-3-6-13/h1-8,11,16,20-21H,9-10,12H2,(H,19,22). The van der Waals surface area contributed by atoms with Gasteiger partial charge in [0.1, 0.15) is 0 Å². The molecule has 0 spiro atoms. The summed E-state index contributed by atoms with van der Waals surface area (Å²) < 4.78 is 27.3. The normalized spacial score (nSPS) is 12.6. The molecule has 2 aromatic carbocycles. The number of aliphatic hydroxyl groups is 1. The molecule has 0 saturated carbocycles. The quantitative estimate of drug-likeness (QED) is 0.601. The van der Waals surface area contributed by atoms with E-state index >= 15 is 0 Å². The molecule has 0 bridgehead atoms. The molecule has 1 amide bonds. The van der Waals surface area contributed by atoms with E-state index in [1.54, 1.807) is 36.4 Å². The van der Waals surface area contributed by atoms with Crippen LogP contribution in [0.25, 0.3) is 0 Å². The predicted octanol–water partition coefficient (Wildman–Crippen LogP) is 1.97. The third-order valence-electron chi connectivity index (χ3n) is 3.43. The first-order valence-electron chi connectivity index (χ1n) is 7.63. The molecule has 2 rings (SSSR count). The lowest BCUT2D eigenvalue weighted by Crippen LogP contribution is -2.32. The molecule has 25 heavy (non-hydrogen) atoms. The van der Waals surface area contributed by atoms with E-state index in [0.717, 1.165) is 0 Å². The van der Waals surface area contributed by atoms with Gasteiger partial charge in [-0.15, -0.1) is 0 Å². The van der Waals surface area contributed by atoms with Crippen molar-refractivity contribution in [3.05, 3.63) is 64.6 Å². The van der Waals surface area contributed by atoms with Crippen molar-refractivity contribution in [1.29, 1.82) is 0 Å². The summed E-state index contributed by atoms with van der Waals surface area (Å²) in [4.78, 5) is 11.9. The number of nitrogens with one attached hydrogen (secondary N) is 2. The average molecular weight is 427 g/mol. The molecule has 0 aliphatic rings. The summed E-state index contributed by atoms with van der Waals surface area (Å²) in [5.41, 5.74) is 0.707. The highest BCUT2D eigenvalue weighted by Gasteiger charge is 2.15. The fourth-order valence-corrected chi connectivity index (χ4v) is 3.74. The summed E-state index contributed by atoms with van der Waals surface area (Å²) in [6.07, 6.45) is -0.821. The van der Waals surface area contributed by atoms with E-state index in [1.807, 2.05) is 6.07 Å². The summed E-state index contributed by atoms with van der Waals surface area (Å²) in [5.74, 6) is -0.341. The van der Waals surface area contributed by atoms with Crippen molar-refractivity contribution < 1.29 is 18.3 Å². The first kappa shape index (κ1) is 19.6. The Labute approximate surface area is 155 Å². The minimum absolute atomic E-state index is 0.0191. The number of rotatable bonds is 8. The number of amides is 1. The Balaban J connectivity index is 1.77. The molecule has 6 nitrogen and oxygen atoms in total. The van der Waals surface area contributed by atoms with Crippen LogP contribution in [-0.4, -0.2) is 32.5 Å². The van der Waals surface area contributed by atoms with E-state index < -0.39 is 16.1 Å². The van der Waals surface area contributed by atoms with E-state index in [1.165, 1.54) is 12.1 Å². The van der Waals surface area contributed by atoms with Gasteiger partial charge >= 0.3 is 0 Å². The van der Waals surface area contributed by atoms with Crippen molar-refractivity contribution in [3.63, 3.8) is 0 Å². The topological polar surface area (TPSA) is 95.5 Å². The maximum absolute atomic E-state index is 12.1. The van der Waals surface area contributed by atoms with Crippen LogP contribution in [0.1, 0.15) is 18.1 Å². The van der Waals surface area contributed by atoms with Gasteiger partial charge in [-0.1, -0.05) is 52.3 Å². The van der Waals surface area contributed by atoms with E-state index in [-0.39, 0.29) is 30.3 Å². The predicted molar refractivity (Wildman–Crippen MR) is 98.4 cm³/mol. The number of sulfonamides is 1. The molecule has 0 heterocycles. The zero-order valence-corrected chi connectivity index (χ0v) is 15.8. The van der Waals surface area contributed by atoms with Crippen LogP contribution in [-0.2, 0) is 14.8 Å². The monoisotopic (exact) mass is 426 g/mol. The fourth-order valence-electron chi connectivity index (χ4n) is 2.11.